The van der Waals surface area contributed by atoms with Crippen LogP contribution in [0.1, 0.15) is 26.5 Å². The van der Waals surface area contributed by atoms with Gasteiger partial charge in [-0.3, -0.25) is 0 Å². The van der Waals surface area contributed by atoms with E-state index < -0.39 is 11.7 Å². The van der Waals surface area contributed by atoms with Gasteiger partial charge in [-0.1, -0.05) is 0 Å². The number of alkyl carbamates (subject to hydrolysis) is 1. The molecule has 106 valence electrons. The number of ether oxygens (including phenoxy) is 2. The topological polar surface area (TPSA) is 60.5 Å². The van der Waals surface area contributed by atoms with Crippen LogP contribution in [0.15, 0.2) is 12.1 Å². The highest BCUT2D eigenvalue weighted by molar-refractivity contribution is 14.1. The number of hydrogen-bond acceptors (Lipinski definition) is 4. The fourth-order valence-electron chi connectivity index (χ4n) is 1.25. The molecule has 0 saturated heterocycles. The van der Waals surface area contributed by atoms with Crippen molar-refractivity contribution in [3.05, 3.63) is 21.5 Å². The summed E-state index contributed by atoms with van der Waals surface area (Å²) in [5.41, 5.74) is 0.463. The zero-order chi connectivity index (χ0) is 14.5. The number of aryl methyl sites for hydroxylation is 1. The average molecular weight is 378 g/mol. The van der Waals surface area contributed by atoms with Crippen molar-refractivity contribution in [3.8, 4) is 5.75 Å². The molecule has 19 heavy (non-hydrogen) atoms. The second-order valence-electron chi connectivity index (χ2n) is 5.02. The Balaban J connectivity index is 2.29. The summed E-state index contributed by atoms with van der Waals surface area (Å²) in [6, 6.07) is 3.76. The van der Waals surface area contributed by atoms with E-state index in [0.717, 1.165) is 15.1 Å². The highest BCUT2D eigenvalue weighted by Gasteiger charge is 2.15. The highest BCUT2D eigenvalue weighted by Crippen LogP contribution is 2.18. The molecular formula is C13H19IN2O3. The predicted octanol–water partition coefficient (Wildman–Crippen LogP) is 2.90. The third-order valence-corrected chi connectivity index (χ3v) is 2.75. The third-order valence-electron chi connectivity index (χ3n) is 1.98. The molecule has 1 amide bonds. The second-order valence-corrected chi connectivity index (χ2v) is 6.04. The number of pyridine rings is 1. The zero-order valence-electron chi connectivity index (χ0n) is 11.6. The number of halogens is 1. The largest absolute Gasteiger partial charge is 0.489 e. The number of aromatic nitrogens is 1. The summed E-state index contributed by atoms with van der Waals surface area (Å²) in [6.45, 7) is 8.16. The minimum Gasteiger partial charge on any atom is -0.489 e. The van der Waals surface area contributed by atoms with Crippen LogP contribution in [-0.4, -0.2) is 29.8 Å². The summed E-state index contributed by atoms with van der Waals surface area (Å²) in [6.07, 6.45) is -0.437. The molecule has 0 atom stereocenters. The SMILES string of the molecule is Cc1ccc(OCCNC(=O)OC(C)(C)C)c(I)n1. The van der Waals surface area contributed by atoms with Crippen molar-refractivity contribution < 1.29 is 14.3 Å². The van der Waals surface area contributed by atoms with Gasteiger partial charge in [-0.15, -0.1) is 0 Å². The van der Waals surface area contributed by atoms with Gasteiger partial charge >= 0.3 is 6.09 Å². The van der Waals surface area contributed by atoms with Crippen molar-refractivity contribution >= 4 is 28.7 Å². The van der Waals surface area contributed by atoms with Gasteiger partial charge in [0.15, 0.2) is 5.75 Å². The molecule has 0 bridgehead atoms. The van der Waals surface area contributed by atoms with E-state index in [1.807, 2.05) is 39.8 Å². The summed E-state index contributed by atoms with van der Waals surface area (Å²) in [5.74, 6) is 0.720. The summed E-state index contributed by atoms with van der Waals surface area (Å²) >= 11 is 2.12. The molecule has 1 N–H and O–H groups in total. The molecule has 0 fully saturated rings. The number of carbonyl (C=O) groups excluding carboxylic acids is 1. The van der Waals surface area contributed by atoms with Gasteiger partial charge in [0.1, 0.15) is 15.9 Å². The molecule has 0 saturated carbocycles. The first-order valence-electron chi connectivity index (χ1n) is 6.01. The van der Waals surface area contributed by atoms with Crippen LogP contribution in [0.5, 0.6) is 5.75 Å². The number of nitrogens with one attached hydrogen (secondary N) is 1. The molecule has 0 aliphatic carbocycles. The minimum atomic E-state index is -0.485. The number of rotatable bonds is 4. The maximum atomic E-state index is 11.4. The first kappa shape index (κ1) is 16.0. The molecule has 6 heteroatoms. The third kappa shape index (κ3) is 6.60. The molecule has 5 nitrogen and oxygen atoms in total. The molecule has 0 unspecified atom stereocenters. The van der Waals surface area contributed by atoms with Crippen LogP contribution in [0.25, 0.3) is 0 Å². The fourth-order valence-corrected chi connectivity index (χ4v) is 1.96. The monoisotopic (exact) mass is 378 g/mol. The van der Waals surface area contributed by atoms with E-state index in [2.05, 4.69) is 32.9 Å². The maximum absolute atomic E-state index is 11.4. The molecular weight excluding hydrogens is 359 g/mol. The Kier molecular flexibility index (Phi) is 5.84. The summed E-state index contributed by atoms with van der Waals surface area (Å²) in [7, 11) is 0. The van der Waals surface area contributed by atoms with Gasteiger partial charge in [0, 0.05) is 5.69 Å². The van der Waals surface area contributed by atoms with Crippen LogP contribution >= 0.6 is 22.6 Å². The first-order valence-corrected chi connectivity index (χ1v) is 7.08. The Bertz CT molecular complexity index is 444. The van der Waals surface area contributed by atoms with Crippen molar-refractivity contribution in [2.24, 2.45) is 0 Å². The quantitative estimate of drug-likeness (QED) is 0.497. The lowest BCUT2D eigenvalue weighted by atomic mass is 10.2. The van der Waals surface area contributed by atoms with Crippen molar-refractivity contribution in [2.75, 3.05) is 13.2 Å². The van der Waals surface area contributed by atoms with Crippen LogP contribution in [0.2, 0.25) is 0 Å². The Morgan fingerprint density at radius 2 is 2.11 bits per heavy atom. The van der Waals surface area contributed by atoms with Gasteiger partial charge in [0.25, 0.3) is 0 Å². The zero-order valence-corrected chi connectivity index (χ0v) is 13.8. The van der Waals surface area contributed by atoms with Crippen molar-refractivity contribution in [3.63, 3.8) is 0 Å². The van der Waals surface area contributed by atoms with Gasteiger partial charge in [-0.2, -0.15) is 0 Å². The van der Waals surface area contributed by atoms with Crippen molar-refractivity contribution in [1.82, 2.24) is 10.3 Å². The highest BCUT2D eigenvalue weighted by atomic mass is 127. The lowest BCUT2D eigenvalue weighted by molar-refractivity contribution is 0.0520. The summed E-state index contributed by atoms with van der Waals surface area (Å²) < 4.78 is 11.5. The number of nitrogens with zero attached hydrogens (tertiary/aromatic N) is 1. The fraction of sp³-hybridized carbons (Fsp3) is 0.538. The number of hydrogen-bond donors (Lipinski definition) is 1. The smallest absolute Gasteiger partial charge is 0.407 e. The normalized spacial score (nSPS) is 11.0. The van der Waals surface area contributed by atoms with Crippen molar-refractivity contribution in [2.45, 2.75) is 33.3 Å². The van der Waals surface area contributed by atoms with Crippen LogP contribution in [-0.2, 0) is 4.74 Å². The van der Waals surface area contributed by atoms with Gasteiger partial charge in [-0.05, 0) is 62.4 Å². The van der Waals surface area contributed by atoms with Gasteiger partial charge in [-0.25, -0.2) is 9.78 Å². The average Bonchev–Trinajstić information content (AvgIpc) is 2.24. The number of amides is 1. The van der Waals surface area contributed by atoms with Gasteiger partial charge in [0.2, 0.25) is 0 Å². The lowest BCUT2D eigenvalue weighted by Crippen LogP contribution is -2.34. The molecule has 0 aliphatic heterocycles. The van der Waals surface area contributed by atoms with E-state index in [1.165, 1.54) is 0 Å². The van der Waals surface area contributed by atoms with E-state index in [0.29, 0.717) is 13.2 Å². The standard InChI is InChI=1S/C13H19IN2O3/c1-9-5-6-10(11(14)16-9)18-8-7-15-12(17)19-13(2,3)4/h5-6H,7-8H2,1-4H3,(H,15,17). The Labute approximate surface area is 127 Å². The molecule has 0 aromatic carbocycles. The number of carbonyl (C=O) groups is 1. The first-order chi connectivity index (χ1) is 8.78. The van der Waals surface area contributed by atoms with Crippen LogP contribution in [0.3, 0.4) is 0 Å². The van der Waals surface area contributed by atoms with Crippen LogP contribution in [0, 0.1) is 10.6 Å². The van der Waals surface area contributed by atoms with Crippen LogP contribution < -0.4 is 10.1 Å². The van der Waals surface area contributed by atoms with E-state index in [-0.39, 0.29) is 0 Å². The maximum Gasteiger partial charge on any atom is 0.407 e. The van der Waals surface area contributed by atoms with Gasteiger partial charge < -0.3 is 14.8 Å². The predicted molar refractivity (Wildman–Crippen MR) is 81.4 cm³/mol. The lowest BCUT2D eigenvalue weighted by Gasteiger charge is -2.19. The van der Waals surface area contributed by atoms with E-state index in [4.69, 9.17) is 9.47 Å². The molecule has 0 aliphatic rings. The Morgan fingerprint density at radius 3 is 2.68 bits per heavy atom. The molecule has 1 aromatic rings. The second kappa shape index (κ2) is 6.93. The minimum absolute atomic E-state index is 0.375. The van der Waals surface area contributed by atoms with Gasteiger partial charge in [0.05, 0.1) is 6.54 Å². The molecule has 0 radical (unpaired) electrons. The molecule has 1 aromatic heterocycles. The Morgan fingerprint density at radius 1 is 1.42 bits per heavy atom. The summed E-state index contributed by atoms with van der Waals surface area (Å²) in [4.78, 5) is 15.7. The molecule has 0 spiro atoms. The van der Waals surface area contributed by atoms with E-state index in [9.17, 15) is 4.79 Å². The van der Waals surface area contributed by atoms with E-state index in [1.54, 1.807) is 0 Å². The summed E-state index contributed by atoms with van der Waals surface area (Å²) in [5, 5.41) is 2.63. The van der Waals surface area contributed by atoms with Crippen LogP contribution in [0.4, 0.5) is 4.79 Å². The van der Waals surface area contributed by atoms with Crippen molar-refractivity contribution in [1.29, 1.82) is 0 Å². The molecule has 1 heterocycles. The molecule has 1 rings (SSSR count). The van der Waals surface area contributed by atoms with E-state index >= 15 is 0 Å². The Hall–Kier alpha value is -1.05.